The molecule has 1 amide bonds. The highest BCUT2D eigenvalue weighted by atomic mass is 35.5. The fourth-order valence-corrected chi connectivity index (χ4v) is 4.85. The van der Waals surface area contributed by atoms with Crippen molar-refractivity contribution in [2.45, 2.75) is 67.2 Å². The Balaban J connectivity index is 0.000000432. The summed E-state index contributed by atoms with van der Waals surface area (Å²) in [6.07, 6.45) is 4.87. The molecule has 2 aromatic carbocycles. The van der Waals surface area contributed by atoms with Crippen LogP contribution >= 0.6 is 22.9 Å². The van der Waals surface area contributed by atoms with Gasteiger partial charge in [-0.1, -0.05) is 69.9 Å². The van der Waals surface area contributed by atoms with E-state index in [0.717, 1.165) is 46.2 Å². The van der Waals surface area contributed by atoms with E-state index in [4.69, 9.17) is 27.8 Å². The van der Waals surface area contributed by atoms with Gasteiger partial charge in [-0.05, 0) is 43.5 Å². The van der Waals surface area contributed by atoms with Crippen LogP contribution in [0.15, 0.2) is 30.3 Å². The molecule has 37 heavy (non-hydrogen) atoms. The minimum atomic E-state index is -0.129. The standard InChI is InChI=1S/C19H33N3O2.C7H5ClN2S.C2H6/c1-6-9-10-15(7-2)13-22(8-3)18-12-17(21-14(4)23)16(20)11-19(18)24-5;8-4-1-2-5-6(3-4)11-7(9)10-5;1-2/h11-12,15H,6-10,13,20H2,1-5H3,(H,21,23);1-3H,(H2,9,10);1-2H3. The molecule has 206 valence electrons. The Morgan fingerprint density at radius 2 is 1.89 bits per heavy atom. The van der Waals surface area contributed by atoms with E-state index in [9.17, 15) is 4.79 Å². The monoisotopic (exact) mass is 549 g/mol. The van der Waals surface area contributed by atoms with Gasteiger partial charge in [0.1, 0.15) is 5.75 Å². The quantitative estimate of drug-likeness (QED) is 0.222. The zero-order valence-corrected chi connectivity index (χ0v) is 24.9. The first-order valence-corrected chi connectivity index (χ1v) is 14.2. The fourth-order valence-electron chi connectivity index (χ4n) is 3.84. The number of hydrogen-bond donors (Lipinski definition) is 3. The average Bonchev–Trinajstić information content (AvgIpc) is 3.26. The van der Waals surface area contributed by atoms with Crippen molar-refractivity contribution in [2.75, 3.05) is 41.9 Å². The number of methoxy groups -OCH3 is 1. The summed E-state index contributed by atoms with van der Waals surface area (Å²) in [5, 5.41) is 4.11. The number of ether oxygens (including phenoxy) is 1. The average molecular weight is 550 g/mol. The number of amides is 1. The molecular formula is C28H44ClN5O2S. The first-order chi connectivity index (χ1) is 17.7. The fraction of sp³-hybridized carbons (Fsp3) is 0.500. The van der Waals surface area contributed by atoms with Crippen LogP contribution in [0, 0.1) is 5.92 Å². The summed E-state index contributed by atoms with van der Waals surface area (Å²) in [6.45, 7) is 14.0. The number of carbonyl (C=O) groups excluding carboxylic acids is 1. The Labute approximate surface area is 231 Å². The highest BCUT2D eigenvalue weighted by Gasteiger charge is 2.18. The minimum Gasteiger partial charge on any atom is -0.495 e. The Morgan fingerprint density at radius 3 is 2.46 bits per heavy atom. The molecule has 1 unspecified atom stereocenters. The summed E-state index contributed by atoms with van der Waals surface area (Å²) >= 11 is 7.21. The number of nitrogens with zero attached hydrogens (tertiary/aromatic N) is 2. The van der Waals surface area contributed by atoms with Crippen molar-refractivity contribution in [2.24, 2.45) is 5.92 Å². The highest BCUT2D eigenvalue weighted by molar-refractivity contribution is 7.22. The van der Waals surface area contributed by atoms with Gasteiger partial charge in [0.05, 0.1) is 34.4 Å². The summed E-state index contributed by atoms with van der Waals surface area (Å²) in [5.41, 5.74) is 14.6. The smallest absolute Gasteiger partial charge is 0.221 e. The molecule has 1 aromatic heterocycles. The Bertz CT molecular complexity index is 1110. The third-order valence-corrected chi connectivity index (χ3v) is 6.86. The molecule has 0 saturated heterocycles. The lowest BCUT2D eigenvalue weighted by Gasteiger charge is -2.30. The van der Waals surface area contributed by atoms with Crippen molar-refractivity contribution in [1.29, 1.82) is 0 Å². The molecule has 0 aliphatic rings. The SMILES string of the molecule is CC.CCCCC(CC)CN(CC)c1cc(NC(C)=O)c(N)cc1OC.Nc1nc2ccc(Cl)cc2s1. The van der Waals surface area contributed by atoms with Crippen molar-refractivity contribution in [3.63, 3.8) is 0 Å². The van der Waals surface area contributed by atoms with Crippen LogP contribution < -0.4 is 26.4 Å². The van der Waals surface area contributed by atoms with E-state index in [0.29, 0.717) is 22.4 Å². The van der Waals surface area contributed by atoms with Crippen LogP contribution in [-0.2, 0) is 4.79 Å². The zero-order valence-electron chi connectivity index (χ0n) is 23.4. The molecule has 3 aromatic rings. The summed E-state index contributed by atoms with van der Waals surface area (Å²) in [7, 11) is 1.65. The summed E-state index contributed by atoms with van der Waals surface area (Å²) in [5.74, 6) is 1.26. The van der Waals surface area contributed by atoms with E-state index in [2.05, 4.69) is 36.0 Å². The highest BCUT2D eigenvalue weighted by Crippen LogP contribution is 2.36. The first kappa shape index (κ1) is 32.3. The number of aromatic nitrogens is 1. The van der Waals surface area contributed by atoms with Crippen LogP contribution in [-0.4, -0.2) is 31.1 Å². The van der Waals surface area contributed by atoms with Gasteiger partial charge in [-0.2, -0.15) is 0 Å². The normalized spacial score (nSPS) is 11.0. The molecule has 1 heterocycles. The van der Waals surface area contributed by atoms with Crippen molar-refractivity contribution < 1.29 is 9.53 Å². The van der Waals surface area contributed by atoms with Gasteiger partial charge in [-0.15, -0.1) is 0 Å². The van der Waals surface area contributed by atoms with Gasteiger partial charge in [0.25, 0.3) is 0 Å². The van der Waals surface area contributed by atoms with Crippen LogP contribution in [0.3, 0.4) is 0 Å². The van der Waals surface area contributed by atoms with E-state index >= 15 is 0 Å². The van der Waals surface area contributed by atoms with Crippen LogP contribution in [0.5, 0.6) is 5.75 Å². The maximum Gasteiger partial charge on any atom is 0.221 e. The van der Waals surface area contributed by atoms with Gasteiger partial charge in [0, 0.05) is 31.1 Å². The molecule has 0 radical (unpaired) electrons. The number of hydrogen-bond acceptors (Lipinski definition) is 7. The number of nitrogens with one attached hydrogen (secondary N) is 1. The first-order valence-electron chi connectivity index (χ1n) is 13.0. The van der Waals surface area contributed by atoms with E-state index in [1.807, 2.05) is 38.1 Å². The predicted octanol–water partition coefficient (Wildman–Crippen LogP) is 7.84. The third kappa shape index (κ3) is 10.3. The van der Waals surface area contributed by atoms with Gasteiger partial charge in [-0.3, -0.25) is 4.79 Å². The molecular weight excluding hydrogens is 506 g/mol. The number of unbranched alkanes of at least 4 members (excludes halogenated alkanes) is 1. The second-order valence-corrected chi connectivity index (χ2v) is 9.91. The number of benzene rings is 2. The van der Waals surface area contributed by atoms with Crippen molar-refractivity contribution in [3.8, 4) is 5.75 Å². The Kier molecular flexibility index (Phi) is 14.8. The largest absolute Gasteiger partial charge is 0.495 e. The minimum absolute atomic E-state index is 0.129. The summed E-state index contributed by atoms with van der Waals surface area (Å²) in [6, 6.07) is 9.25. The predicted molar refractivity (Wildman–Crippen MR) is 163 cm³/mol. The van der Waals surface area contributed by atoms with Crippen LogP contribution in [0.25, 0.3) is 10.2 Å². The number of nitrogens with two attached hydrogens (primary N) is 2. The van der Waals surface area contributed by atoms with Gasteiger partial charge in [0.2, 0.25) is 5.91 Å². The lowest BCUT2D eigenvalue weighted by Crippen LogP contribution is -2.29. The summed E-state index contributed by atoms with van der Waals surface area (Å²) in [4.78, 5) is 17.8. The molecule has 0 aliphatic carbocycles. The number of nitrogen functional groups attached to an aromatic ring is 2. The third-order valence-electron chi connectivity index (χ3n) is 5.77. The van der Waals surface area contributed by atoms with E-state index < -0.39 is 0 Å². The van der Waals surface area contributed by atoms with E-state index in [1.165, 1.54) is 37.5 Å². The van der Waals surface area contributed by atoms with Crippen molar-refractivity contribution in [3.05, 3.63) is 35.4 Å². The number of rotatable bonds is 10. The molecule has 0 aliphatic heterocycles. The lowest BCUT2D eigenvalue weighted by atomic mass is 9.98. The Morgan fingerprint density at radius 1 is 1.19 bits per heavy atom. The molecule has 0 saturated carbocycles. The molecule has 0 bridgehead atoms. The number of anilines is 4. The van der Waals surface area contributed by atoms with Gasteiger partial charge in [0.15, 0.2) is 5.13 Å². The molecule has 7 nitrogen and oxygen atoms in total. The topological polar surface area (TPSA) is 106 Å². The Hall–Kier alpha value is -2.71. The number of fused-ring (bicyclic) bond motifs is 1. The van der Waals surface area contributed by atoms with E-state index in [-0.39, 0.29) is 5.91 Å². The van der Waals surface area contributed by atoms with Gasteiger partial charge in [-0.25, -0.2) is 4.98 Å². The second kappa shape index (κ2) is 16.9. The summed E-state index contributed by atoms with van der Waals surface area (Å²) < 4.78 is 6.57. The maximum absolute atomic E-state index is 11.4. The number of carbonyl (C=O) groups is 1. The second-order valence-electron chi connectivity index (χ2n) is 8.41. The van der Waals surface area contributed by atoms with Gasteiger partial charge >= 0.3 is 0 Å². The number of halogens is 1. The molecule has 5 N–H and O–H groups in total. The molecule has 0 spiro atoms. The van der Waals surface area contributed by atoms with Crippen LogP contribution in [0.4, 0.5) is 22.2 Å². The van der Waals surface area contributed by atoms with Crippen LogP contribution in [0.2, 0.25) is 5.02 Å². The molecule has 1 atom stereocenters. The van der Waals surface area contributed by atoms with Crippen molar-refractivity contribution in [1.82, 2.24) is 4.98 Å². The van der Waals surface area contributed by atoms with Crippen molar-refractivity contribution >= 4 is 61.3 Å². The maximum atomic E-state index is 11.4. The zero-order chi connectivity index (χ0) is 28.0. The van der Waals surface area contributed by atoms with Gasteiger partial charge < -0.3 is 26.4 Å². The van der Waals surface area contributed by atoms with E-state index in [1.54, 1.807) is 13.2 Å². The molecule has 3 rings (SSSR count). The molecule has 9 heteroatoms. The van der Waals surface area contributed by atoms with Crippen LogP contribution in [0.1, 0.15) is 67.2 Å². The lowest BCUT2D eigenvalue weighted by molar-refractivity contribution is -0.114. The number of thiazole rings is 1. The molecule has 0 fully saturated rings.